The Morgan fingerprint density at radius 2 is 1.54 bits per heavy atom. The molecule has 0 aliphatic carbocycles. The third-order valence-corrected chi connectivity index (χ3v) is 1.25. The fraction of sp³-hybridized carbons (Fsp3) is 0.538. The molecule has 0 amide bonds. The van der Waals surface area contributed by atoms with Gasteiger partial charge in [0.1, 0.15) is 0 Å². The molecule has 0 aliphatic rings. The van der Waals surface area contributed by atoms with E-state index in [4.69, 9.17) is 0 Å². The summed E-state index contributed by atoms with van der Waals surface area (Å²) in [6, 6.07) is 0. The van der Waals surface area contributed by atoms with E-state index in [1.165, 1.54) is 5.57 Å². The zero-order valence-corrected chi connectivity index (χ0v) is 10.3. The molecule has 0 heteroatoms. The number of allylic oxidation sites excluding steroid dienone is 4. The Kier molecular flexibility index (Phi) is 24.1. The Labute approximate surface area is 85.1 Å². The maximum Gasteiger partial charge on any atom is -0.0305 e. The summed E-state index contributed by atoms with van der Waals surface area (Å²) in [5.41, 5.74) is 2.42. The third-order valence-electron chi connectivity index (χ3n) is 1.25. The summed E-state index contributed by atoms with van der Waals surface area (Å²) in [7, 11) is 0. The quantitative estimate of drug-likeness (QED) is 0.530. The van der Waals surface area contributed by atoms with Crippen molar-refractivity contribution in [3.63, 3.8) is 0 Å². The first kappa shape index (κ1) is 18.1. The molecule has 13 heavy (non-hydrogen) atoms. The maximum atomic E-state index is 3.83. The van der Waals surface area contributed by atoms with Gasteiger partial charge in [-0.3, -0.25) is 0 Å². The smallest absolute Gasteiger partial charge is 0.0305 e. The topological polar surface area (TPSA) is 0 Å². The molecule has 0 N–H and O–H groups in total. The Morgan fingerprint density at radius 3 is 1.62 bits per heavy atom. The average molecular weight is 182 g/mol. The van der Waals surface area contributed by atoms with Crippen molar-refractivity contribution in [1.82, 2.24) is 0 Å². The average Bonchev–Trinajstić information content (AvgIpc) is 2.20. The summed E-state index contributed by atoms with van der Waals surface area (Å²) in [6.45, 7) is 19.6. The lowest BCUT2D eigenvalue weighted by Crippen LogP contribution is -1.78. The van der Waals surface area contributed by atoms with Gasteiger partial charge in [-0.2, -0.15) is 0 Å². The minimum Gasteiger partial charge on any atom is -0.0991 e. The van der Waals surface area contributed by atoms with Crippen LogP contribution < -0.4 is 0 Å². The van der Waals surface area contributed by atoms with Gasteiger partial charge in [-0.05, 0) is 18.9 Å². The van der Waals surface area contributed by atoms with Gasteiger partial charge in [0, 0.05) is 0 Å². The summed E-state index contributed by atoms with van der Waals surface area (Å²) in [6.07, 6.45) is 4.84. The van der Waals surface area contributed by atoms with Gasteiger partial charge in [0.2, 0.25) is 0 Å². The molecule has 0 nitrogen and oxygen atoms in total. The van der Waals surface area contributed by atoms with Crippen molar-refractivity contribution in [2.45, 2.75) is 48.0 Å². The molecule has 78 valence electrons. The van der Waals surface area contributed by atoms with Crippen molar-refractivity contribution >= 4 is 0 Å². The van der Waals surface area contributed by atoms with Crippen LogP contribution in [0.1, 0.15) is 48.0 Å². The van der Waals surface area contributed by atoms with Crippen LogP contribution in [0.2, 0.25) is 0 Å². The fourth-order valence-electron chi connectivity index (χ4n) is 0.704. The summed E-state index contributed by atoms with van der Waals surface area (Å²) in [5.74, 6) is 0. The molecule has 0 radical (unpaired) electrons. The van der Waals surface area contributed by atoms with Gasteiger partial charge in [-0.25, -0.2) is 0 Å². The van der Waals surface area contributed by atoms with Crippen LogP contribution in [0.5, 0.6) is 0 Å². The maximum absolute atomic E-state index is 3.83. The second kappa shape index (κ2) is 17.3. The highest BCUT2D eigenvalue weighted by molar-refractivity contribution is 5.28. The lowest BCUT2D eigenvalue weighted by atomic mass is 10.1. The highest BCUT2D eigenvalue weighted by Crippen LogP contribution is 2.09. The zero-order valence-electron chi connectivity index (χ0n) is 10.3. The summed E-state index contributed by atoms with van der Waals surface area (Å²) in [5, 5.41) is 0. The van der Waals surface area contributed by atoms with E-state index in [1.807, 2.05) is 40.7 Å². The highest BCUT2D eigenvalue weighted by atomic mass is 14.0. The van der Waals surface area contributed by atoms with Gasteiger partial charge < -0.3 is 0 Å². The molecule has 0 rings (SSSR count). The van der Waals surface area contributed by atoms with E-state index < -0.39 is 0 Å². The Bertz CT molecular complexity index is 138. The van der Waals surface area contributed by atoms with Crippen molar-refractivity contribution in [2.75, 3.05) is 0 Å². The SMILES string of the molecule is C=C/C=C(\CC)C(=C)C.CC.CC. The van der Waals surface area contributed by atoms with Crippen molar-refractivity contribution in [2.24, 2.45) is 0 Å². The second-order valence-corrected chi connectivity index (χ2v) is 2.06. The highest BCUT2D eigenvalue weighted by Gasteiger charge is 1.89. The summed E-state index contributed by atoms with van der Waals surface area (Å²) in [4.78, 5) is 0. The minimum atomic E-state index is 1.04. The van der Waals surface area contributed by atoms with Crippen molar-refractivity contribution in [1.29, 1.82) is 0 Å². The van der Waals surface area contributed by atoms with E-state index >= 15 is 0 Å². The molecular weight excluding hydrogens is 156 g/mol. The van der Waals surface area contributed by atoms with Crippen LogP contribution in [0.4, 0.5) is 0 Å². The lowest BCUT2D eigenvalue weighted by molar-refractivity contribution is 1.11. The minimum absolute atomic E-state index is 1.04. The zero-order chi connectivity index (χ0) is 11.3. The van der Waals surface area contributed by atoms with E-state index in [-0.39, 0.29) is 0 Å². The number of hydrogen-bond acceptors (Lipinski definition) is 0. The number of hydrogen-bond donors (Lipinski definition) is 0. The first-order chi connectivity index (χ1) is 6.22. The molecule has 0 aromatic rings. The van der Waals surface area contributed by atoms with E-state index in [0.717, 1.165) is 12.0 Å². The Morgan fingerprint density at radius 1 is 1.15 bits per heavy atom. The predicted molar refractivity (Wildman–Crippen MR) is 66.1 cm³/mol. The van der Waals surface area contributed by atoms with Crippen LogP contribution >= 0.6 is 0 Å². The van der Waals surface area contributed by atoms with Gasteiger partial charge in [0.15, 0.2) is 0 Å². The van der Waals surface area contributed by atoms with Crippen LogP contribution in [0, 0.1) is 0 Å². The number of rotatable bonds is 3. The molecule has 0 spiro atoms. The molecule has 0 aromatic heterocycles. The first-order valence-electron chi connectivity index (χ1n) is 5.19. The molecule has 0 saturated carbocycles. The van der Waals surface area contributed by atoms with Crippen LogP contribution in [0.25, 0.3) is 0 Å². The third kappa shape index (κ3) is 14.1. The van der Waals surface area contributed by atoms with Crippen molar-refractivity contribution < 1.29 is 0 Å². The van der Waals surface area contributed by atoms with E-state index in [0.29, 0.717) is 0 Å². The fourth-order valence-corrected chi connectivity index (χ4v) is 0.704. The lowest BCUT2D eigenvalue weighted by Gasteiger charge is -1.99. The molecule has 0 aliphatic heterocycles. The van der Waals surface area contributed by atoms with E-state index in [2.05, 4.69) is 20.1 Å². The molecule has 0 fully saturated rings. The van der Waals surface area contributed by atoms with Crippen LogP contribution in [0.15, 0.2) is 36.5 Å². The van der Waals surface area contributed by atoms with Crippen molar-refractivity contribution in [3.8, 4) is 0 Å². The van der Waals surface area contributed by atoms with E-state index in [1.54, 1.807) is 6.08 Å². The van der Waals surface area contributed by atoms with Gasteiger partial charge in [0.25, 0.3) is 0 Å². The Hall–Kier alpha value is -0.780. The van der Waals surface area contributed by atoms with Crippen LogP contribution in [0.3, 0.4) is 0 Å². The van der Waals surface area contributed by atoms with Gasteiger partial charge in [-0.1, -0.05) is 65.5 Å². The van der Waals surface area contributed by atoms with Gasteiger partial charge in [-0.15, -0.1) is 0 Å². The van der Waals surface area contributed by atoms with Gasteiger partial charge >= 0.3 is 0 Å². The van der Waals surface area contributed by atoms with Crippen LogP contribution in [-0.2, 0) is 0 Å². The predicted octanol–water partition coefficient (Wildman–Crippen LogP) is 5.14. The standard InChI is InChI=1S/C9H14.2C2H6/c1-5-7-9(6-2)8(3)4;2*1-2/h5,7H,1,3,6H2,2,4H3;2*1-2H3/b9-7+;;. The van der Waals surface area contributed by atoms with Crippen LogP contribution in [-0.4, -0.2) is 0 Å². The van der Waals surface area contributed by atoms with Gasteiger partial charge in [0.05, 0.1) is 0 Å². The van der Waals surface area contributed by atoms with Crippen molar-refractivity contribution in [3.05, 3.63) is 36.5 Å². The molecule has 0 bridgehead atoms. The molecule has 0 saturated heterocycles. The largest absolute Gasteiger partial charge is 0.0991 e. The molecule has 0 atom stereocenters. The van der Waals surface area contributed by atoms with E-state index in [9.17, 15) is 0 Å². The summed E-state index contributed by atoms with van der Waals surface area (Å²) >= 11 is 0. The normalized spacial score (nSPS) is 8.62. The summed E-state index contributed by atoms with van der Waals surface area (Å²) < 4.78 is 0. The molecule has 0 heterocycles. The monoisotopic (exact) mass is 182 g/mol. The second-order valence-electron chi connectivity index (χ2n) is 2.06. The molecule has 0 unspecified atom stereocenters. The molecular formula is C13H26. The Balaban J connectivity index is -0.000000218. The molecule has 0 aromatic carbocycles. The first-order valence-corrected chi connectivity index (χ1v) is 5.19.